The van der Waals surface area contributed by atoms with E-state index in [-0.39, 0.29) is 13.5 Å². The van der Waals surface area contributed by atoms with E-state index < -0.39 is 31.7 Å². The van der Waals surface area contributed by atoms with E-state index in [9.17, 15) is 25.6 Å². The average Bonchev–Trinajstić information content (AvgIpc) is 2.56. The van der Waals surface area contributed by atoms with Crippen LogP contribution in [-0.4, -0.2) is 27.6 Å². The quantitative estimate of drug-likeness (QED) is 0.821. The second kappa shape index (κ2) is 7.82. The standard InChI is InChI=1S/C13H11F2NO4S2.C2H6/c1-16(21(17,18)12-6-2-10(14)3-7-12)22(19,20)13-8-4-11(15)5-9-13;1-2/h2-9H,1H3;1-2H3. The molecule has 0 amide bonds. The first-order chi connectivity index (χ1) is 11.2. The van der Waals surface area contributed by atoms with Gasteiger partial charge in [0.05, 0.1) is 9.79 Å². The topological polar surface area (TPSA) is 71.5 Å². The van der Waals surface area contributed by atoms with Crippen molar-refractivity contribution in [3.05, 3.63) is 60.2 Å². The van der Waals surface area contributed by atoms with Gasteiger partial charge in [0.25, 0.3) is 20.0 Å². The van der Waals surface area contributed by atoms with Crippen molar-refractivity contribution in [3.63, 3.8) is 0 Å². The molecule has 0 unspecified atom stereocenters. The van der Waals surface area contributed by atoms with Gasteiger partial charge in [0, 0.05) is 7.05 Å². The largest absolute Gasteiger partial charge is 0.256 e. The molecule has 0 radical (unpaired) electrons. The number of hydrogen-bond donors (Lipinski definition) is 0. The van der Waals surface area contributed by atoms with Crippen molar-refractivity contribution in [1.29, 1.82) is 0 Å². The molecule has 0 aliphatic rings. The van der Waals surface area contributed by atoms with Crippen molar-refractivity contribution in [1.82, 2.24) is 3.71 Å². The summed E-state index contributed by atoms with van der Waals surface area (Å²) in [5, 5.41) is 0. The summed E-state index contributed by atoms with van der Waals surface area (Å²) in [6.07, 6.45) is 0. The lowest BCUT2D eigenvalue weighted by Crippen LogP contribution is -2.33. The summed E-state index contributed by atoms with van der Waals surface area (Å²) < 4.78 is 75.0. The Hall–Kier alpha value is -1.84. The Balaban J connectivity index is 0.00000139. The first-order valence-electron chi connectivity index (χ1n) is 6.91. The molecule has 0 heterocycles. The van der Waals surface area contributed by atoms with Gasteiger partial charge in [-0.25, -0.2) is 25.6 Å². The van der Waals surface area contributed by atoms with Crippen LogP contribution in [0.1, 0.15) is 13.8 Å². The van der Waals surface area contributed by atoms with E-state index in [1.165, 1.54) is 0 Å². The van der Waals surface area contributed by atoms with Gasteiger partial charge in [0.15, 0.2) is 0 Å². The van der Waals surface area contributed by atoms with Crippen LogP contribution in [0.2, 0.25) is 0 Å². The zero-order valence-corrected chi connectivity index (χ0v) is 14.9. The highest BCUT2D eigenvalue weighted by Crippen LogP contribution is 2.22. The Bertz CT molecular complexity index is 803. The third-order valence-electron chi connectivity index (χ3n) is 2.90. The first-order valence-corrected chi connectivity index (χ1v) is 9.79. The van der Waals surface area contributed by atoms with Crippen molar-refractivity contribution < 1.29 is 25.6 Å². The summed E-state index contributed by atoms with van der Waals surface area (Å²) in [6, 6.07) is 7.47. The predicted octanol–water partition coefficient (Wildman–Crippen LogP) is 3.00. The van der Waals surface area contributed by atoms with Gasteiger partial charge in [-0.15, -0.1) is 0 Å². The highest BCUT2D eigenvalue weighted by atomic mass is 32.3. The Kier molecular flexibility index (Phi) is 6.58. The maximum atomic E-state index is 12.9. The maximum Gasteiger partial charge on any atom is 0.256 e. The van der Waals surface area contributed by atoms with Crippen molar-refractivity contribution in [2.75, 3.05) is 7.05 Å². The lowest BCUT2D eigenvalue weighted by molar-refractivity contribution is 0.525. The van der Waals surface area contributed by atoms with Gasteiger partial charge < -0.3 is 0 Å². The van der Waals surface area contributed by atoms with Crippen LogP contribution < -0.4 is 0 Å². The summed E-state index contributed by atoms with van der Waals surface area (Å²) in [5.74, 6) is -1.30. The van der Waals surface area contributed by atoms with Crippen molar-refractivity contribution in [3.8, 4) is 0 Å². The fraction of sp³-hybridized carbons (Fsp3) is 0.200. The third-order valence-corrected chi connectivity index (χ3v) is 7.17. The van der Waals surface area contributed by atoms with E-state index in [1.54, 1.807) is 0 Å². The summed E-state index contributed by atoms with van der Waals surface area (Å²) >= 11 is 0. The molecule has 2 aromatic carbocycles. The number of halogens is 2. The smallest absolute Gasteiger partial charge is 0.207 e. The summed E-state index contributed by atoms with van der Waals surface area (Å²) in [6.45, 7) is 4.00. The molecule has 0 fully saturated rings. The number of rotatable bonds is 4. The molecule has 0 aliphatic carbocycles. The molecule has 9 heteroatoms. The van der Waals surface area contributed by atoms with Crippen LogP contribution >= 0.6 is 0 Å². The number of hydrogen-bond acceptors (Lipinski definition) is 4. The second-order valence-electron chi connectivity index (χ2n) is 4.30. The van der Waals surface area contributed by atoms with Crippen LogP contribution in [0.3, 0.4) is 0 Å². The first kappa shape index (κ1) is 20.2. The van der Waals surface area contributed by atoms with E-state index in [2.05, 4.69) is 0 Å². The monoisotopic (exact) mass is 377 g/mol. The number of sulfonamides is 2. The van der Waals surface area contributed by atoms with E-state index in [4.69, 9.17) is 0 Å². The van der Waals surface area contributed by atoms with Crippen LogP contribution in [0.15, 0.2) is 58.3 Å². The van der Waals surface area contributed by atoms with Crippen LogP contribution in [0.5, 0.6) is 0 Å². The van der Waals surface area contributed by atoms with Crippen LogP contribution in [0.4, 0.5) is 8.78 Å². The van der Waals surface area contributed by atoms with Crippen molar-refractivity contribution in [2.24, 2.45) is 0 Å². The SMILES string of the molecule is CC.CN(S(=O)(=O)c1ccc(F)cc1)S(=O)(=O)c1ccc(F)cc1. The molecule has 0 aromatic heterocycles. The molecule has 24 heavy (non-hydrogen) atoms. The lowest BCUT2D eigenvalue weighted by Gasteiger charge is -2.17. The fourth-order valence-electron chi connectivity index (χ4n) is 1.64. The van der Waals surface area contributed by atoms with E-state index >= 15 is 0 Å². The molecule has 5 nitrogen and oxygen atoms in total. The highest BCUT2D eigenvalue weighted by Gasteiger charge is 2.32. The van der Waals surface area contributed by atoms with Gasteiger partial charge in [0.1, 0.15) is 11.6 Å². The Morgan fingerprint density at radius 3 is 1.17 bits per heavy atom. The maximum absolute atomic E-state index is 12.9. The average molecular weight is 377 g/mol. The molecule has 0 N–H and O–H groups in total. The van der Waals surface area contributed by atoms with E-state index in [0.717, 1.165) is 55.6 Å². The predicted molar refractivity (Wildman–Crippen MR) is 86.3 cm³/mol. The number of benzene rings is 2. The van der Waals surface area contributed by atoms with E-state index in [1.807, 2.05) is 13.8 Å². The van der Waals surface area contributed by atoms with Gasteiger partial charge in [-0.1, -0.05) is 17.6 Å². The molecule has 0 atom stereocenters. The van der Waals surface area contributed by atoms with Crippen molar-refractivity contribution >= 4 is 20.0 Å². The van der Waals surface area contributed by atoms with Gasteiger partial charge >= 0.3 is 0 Å². The Morgan fingerprint density at radius 1 is 0.667 bits per heavy atom. The summed E-state index contributed by atoms with van der Waals surface area (Å²) in [4.78, 5) is -0.746. The highest BCUT2D eigenvalue weighted by molar-refractivity contribution is 8.04. The molecular formula is C15H17F2NO4S2. The van der Waals surface area contributed by atoms with Gasteiger partial charge in [-0.2, -0.15) is 0 Å². The van der Waals surface area contributed by atoms with Gasteiger partial charge in [-0.3, -0.25) is 0 Å². The minimum Gasteiger partial charge on any atom is -0.207 e. The van der Waals surface area contributed by atoms with Crippen LogP contribution in [-0.2, 0) is 20.0 Å². The normalized spacial score (nSPS) is 11.8. The zero-order chi connectivity index (χ0) is 18.5. The van der Waals surface area contributed by atoms with Gasteiger partial charge in [0.2, 0.25) is 0 Å². The summed E-state index contributed by atoms with van der Waals surface area (Å²) in [7, 11) is -7.91. The fourth-order valence-corrected chi connectivity index (χ4v) is 4.74. The van der Waals surface area contributed by atoms with Crippen LogP contribution in [0.25, 0.3) is 0 Å². The molecule has 0 spiro atoms. The lowest BCUT2D eigenvalue weighted by atomic mass is 10.4. The molecule has 0 bridgehead atoms. The molecular weight excluding hydrogens is 360 g/mol. The molecule has 2 rings (SSSR count). The van der Waals surface area contributed by atoms with E-state index in [0.29, 0.717) is 0 Å². The minimum atomic E-state index is -4.39. The third kappa shape index (κ3) is 4.16. The summed E-state index contributed by atoms with van der Waals surface area (Å²) in [5.41, 5.74) is 0. The molecule has 132 valence electrons. The van der Waals surface area contributed by atoms with Gasteiger partial charge in [-0.05, 0) is 48.5 Å². The number of nitrogens with zero attached hydrogens (tertiary/aromatic N) is 1. The second-order valence-corrected chi connectivity index (χ2v) is 8.47. The minimum absolute atomic E-state index is 0.167. The van der Waals surface area contributed by atoms with Crippen LogP contribution in [0, 0.1) is 11.6 Å². The molecule has 0 aliphatic heterocycles. The molecule has 0 saturated carbocycles. The van der Waals surface area contributed by atoms with Crippen molar-refractivity contribution in [2.45, 2.75) is 23.6 Å². The molecule has 0 saturated heterocycles. The Morgan fingerprint density at radius 2 is 0.917 bits per heavy atom. The Labute approximate surface area is 140 Å². The molecule has 2 aromatic rings. The zero-order valence-electron chi connectivity index (χ0n) is 13.3.